The van der Waals surface area contributed by atoms with Gasteiger partial charge >= 0.3 is 0 Å². The first-order chi connectivity index (χ1) is 9.52. The fraction of sp³-hybridized carbons (Fsp3) is 0.625. The molecule has 2 rings (SSSR count). The highest BCUT2D eigenvalue weighted by atomic mass is 16.5. The van der Waals surface area contributed by atoms with Gasteiger partial charge in [-0.2, -0.15) is 0 Å². The molecule has 20 heavy (non-hydrogen) atoms. The van der Waals surface area contributed by atoms with Crippen molar-refractivity contribution in [1.29, 1.82) is 0 Å². The predicted octanol–water partition coefficient (Wildman–Crippen LogP) is 1.69. The molecule has 1 saturated heterocycles. The highest BCUT2D eigenvalue weighted by Crippen LogP contribution is 2.27. The molecule has 112 valence electrons. The number of ether oxygens (including phenoxy) is 1. The van der Waals surface area contributed by atoms with Crippen molar-refractivity contribution >= 4 is 5.69 Å². The maximum absolute atomic E-state index is 10.1. The molecule has 0 spiro atoms. The van der Waals surface area contributed by atoms with E-state index < -0.39 is 5.60 Å². The van der Waals surface area contributed by atoms with Crippen molar-refractivity contribution in [3.05, 3.63) is 29.3 Å². The van der Waals surface area contributed by atoms with Gasteiger partial charge in [0.2, 0.25) is 0 Å². The zero-order valence-electron chi connectivity index (χ0n) is 12.8. The Kier molecular flexibility index (Phi) is 5.02. The summed E-state index contributed by atoms with van der Waals surface area (Å²) >= 11 is 0. The lowest BCUT2D eigenvalue weighted by atomic mass is 10.1. The lowest BCUT2D eigenvalue weighted by molar-refractivity contribution is 0.0839. The zero-order valence-corrected chi connectivity index (χ0v) is 12.8. The number of nitrogens with zero attached hydrogens (tertiary/aromatic N) is 1. The summed E-state index contributed by atoms with van der Waals surface area (Å²) in [4.78, 5) is 2.26. The van der Waals surface area contributed by atoms with Crippen LogP contribution in [0.2, 0.25) is 0 Å². The third kappa shape index (κ3) is 3.95. The van der Waals surface area contributed by atoms with Crippen molar-refractivity contribution in [2.24, 2.45) is 0 Å². The zero-order chi connectivity index (χ0) is 14.6. The summed E-state index contributed by atoms with van der Waals surface area (Å²) < 4.78 is 5.02. The van der Waals surface area contributed by atoms with E-state index in [1.54, 1.807) is 7.11 Å². The van der Waals surface area contributed by atoms with Crippen LogP contribution in [-0.2, 0) is 11.3 Å². The number of methoxy groups -OCH3 is 1. The maximum Gasteiger partial charge on any atom is 0.0810 e. The number of hydrogen-bond acceptors (Lipinski definition) is 4. The van der Waals surface area contributed by atoms with Crippen LogP contribution >= 0.6 is 0 Å². The van der Waals surface area contributed by atoms with Gasteiger partial charge in [-0.1, -0.05) is 6.07 Å². The number of nitrogens with one attached hydrogen (secondary N) is 1. The molecule has 1 aromatic rings. The second kappa shape index (κ2) is 6.57. The van der Waals surface area contributed by atoms with Crippen LogP contribution < -0.4 is 10.2 Å². The van der Waals surface area contributed by atoms with Crippen LogP contribution in [0.1, 0.15) is 24.5 Å². The number of anilines is 1. The van der Waals surface area contributed by atoms with E-state index in [9.17, 15) is 5.11 Å². The summed E-state index contributed by atoms with van der Waals surface area (Å²) in [6.45, 7) is 8.18. The van der Waals surface area contributed by atoms with Crippen molar-refractivity contribution < 1.29 is 9.84 Å². The molecule has 1 unspecified atom stereocenters. The monoisotopic (exact) mass is 278 g/mol. The molecule has 2 N–H and O–H groups in total. The molecule has 4 nitrogen and oxygen atoms in total. The summed E-state index contributed by atoms with van der Waals surface area (Å²) in [7, 11) is 1.71. The summed E-state index contributed by atoms with van der Waals surface area (Å²) in [5, 5.41) is 13.4. The van der Waals surface area contributed by atoms with Crippen LogP contribution in [0.5, 0.6) is 0 Å². The van der Waals surface area contributed by atoms with E-state index in [2.05, 4.69) is 35.3 Å². The van der Waals surface area contributed by atoms with Crippen molar-refractivity contribution in [2.45, 2.75) is 32.4 Å². The summed E-state index contributed by atoms with van der Waals surface area (Å²) in [6.07, 6.45) is 0.840. The van der Waals surface area contributed by atoms with Crippen LogP contribution in [0.15, 0.2) is 18.2 Å². The minimum Gasteiger partial charge on any atom is -0.388 e. The van der Waals surface area contributed by atoms with Crippen LogP contribution in [0.4, 0.5) is 5.69 Å². The first-order valence-electron chi connectivity index (χ1n) is 7.28. The molecular weight excluding hydrogens is 252 g/mol. The molecule has 4 heteroatoms. The largest absolute Gasteiger partial charge is 0.388 e. The summed E-state index contributed by atoms with van der Waals surface area (Å²) in [6, 6.07) is 6.55. The number of aryl methyl sites for hydroxylation is 1. The predicted molar refractivity (Wildman–Crippen MR) is 82.2 cm³/mol. The van der Waals surface area contributed by atoms with E-state index in [0.29, 0.717) is 0 Å². The Labute approximate surface area is 121 Å². The molecule has 1 aliphatic heterocycles. The van der Waals surface area contributed by atoms with Gasteiger partial charge in [0.25, 0.3) is 0 Å². The number of benzene rings is 1. The Morgan fingerprint density at radius 3 is 2.85 bits per heavy atom. The van der Waals surface area contributed by atoms with Crippen molar-refractivity contribution in [3.63, 3.8) is 0 Å². The third-order valence-corrected chi connectivity index (χ3v) is 3.94. The lowest BCUT2D eigenvalue weighted by Crippen LogP contribution is -2.29. The average Bonchev–Trinajstić information content (AvgIpc) is 2.76. The Balaban J connectivity index is 1.95. The number of β-amino-alcohol motifs (C(OH)–C–C–N with tert-alkyl or cyclic N) is 1. The molecule has 0 radical (unpaired) electrons. The normalized spacial score (nSPS) is 22.5. The molecule has 0 aliphatic carbocycles. The van der Waals surface area contributed by atoms with Gasteiger partial charge in [-0.15, -0.1) is 0 Å². The minimum absolute atomic E-state index is 0.547. The first kappa shape index (κ1) is 15.3. The second-order valence-electron chi connectivity index (χ2n) is 5.95. The molecule has 1 fully saturated rings. The van der Waals surface area contributed by atoms with Gasteiger partial charge in [0, 0.05) is 39.0 Å². The molecule has 1 aromatic carbocycles. The van der Waals surface area contributed by atoms with Crippen LogP contribution in [0.25, 0.3) is 0 Å². The number of rotatable bonds is 6. The van der Waals surface area contributed by atoms with Gasteiger partial charge in [0.15, 0.2) is 0 Å². The van der Waals surface area contributed by atoms with Crippen LogP contribution in [0, 0.1) is 6.92 Å². The van der Waals surface area contributed by atoms with E-state index in [0.717, 1.165) is 39.2 Å². The topological polar surface area (TPSA) is 44.7 Å². The van der Waals surface area contributed by atoms with E-state index in [1.807, 2.05) is 6.92 Å². The molecule has 1 atom stereocenters. The van der Waals surface area contributed by atoms with Crippen LogP contribution in [0.3, 0.4) is 0 Å². The smallest absolute Gasteiger partial charge is 0.0810 e. The highest BCUT2D eigenvalue weighted by molar-refractivity contribution is 5.52. The Hall–Kier alpha value is -1.10. The minimum atomic E-state index is -0.547. The SMILES string of the molecule is COCCNCc1ccc(N2CCC(C)(O)C2)cc1C. The molecule has 0 aromatic heterocycles. The van der Waals surface area contributed by atoms with Gasteiger partial charge in [-0.25, -0.2) is 0 Å². The molecular formula is C16H26N2O2. The number of aliphatic hydroxyl groups is 1. The van der Waals surface area contributed by atoms with Gasteiger partial charge < -0.3 is 20.1 Å². The lowest BCUT2D eigenvalue weighted by Gasteiger charge is -2.22. The quantitative estimate of drug-likeness (QED) is 0.777. The fourth-order valence-corrected chi connectivity index (χ4v) is 2.64. The van der Waals surface area contributed by atoms with Gasteiger partial charge in [0.05, 0.1) is 12.2 Å². The maximum atomic E-state index is 10.1. The Bertz CT molecular complexity index is 446. The average molecular weight is 278 g/mol. The van der Waals surface area contributed by atoms with Crippen LogP contribution in [-0.4, -0.2) is 44.1 Å². The van der Waals surface area contributed by atoms with Gasteiger partial charge in [0.1, 0.15) is 0 Å². The molecule has 0 saturated carbocycles. The van der Waals surface area contributed by atoms with E-state index >= 15 is 0 Å². The molecule has 1 heterocycles. The third-order valence-electron chi connectivity index (χ3n) is 3.94. The Morgan fingerprint density at radius 1 is 1.45 bits per heavy atom. The standard InChI is InChI=1S/C16H26N2O2/c1-13-10-15(18-8-6-16(2,19)12-18)5-4-14(13)11-17-7-9-20-3/h4-5,10,17,19H,6-9,11-12H2,1-3H3. The highest BCUT2D eigenvalue weighted by Gasteiger charge is 2.31. The fourth-order valence-electron chi connectivity index (χ4n) is 2.64. The first-order valence-corrected chi connectivity index (χ1v) is 7.28. The molecule has 0 bridgehead atoms. The molecule has 0 amide bonds. The van der Waals surface area contributed by atoms with Crippen molar-refractivity contribution in [3.8, 4) is 0 Å². The summed E-state index contributed by atoms with van der Waals surface area (Å²) in [5.74, 6) is 0. The van der Waals surface area contributed by atoms with E-state index in [1.165, 1.54) is 16.8 Å². The van der Waals surface area contributed by atoms with Gasteiger partial charge in [-0.3, -0.25) is 0 Å². The summed E-state index contributed by atoms with van der Waals surface area (Å²) in [5.41, 5.74) is 3.27. The van der Waals surface area contributed by atoms with Crippen molar-refractivity contribution in [2.75, 3.05) is 38.3 Å². The van der Waals surface area contributed by atoms with E-state index in [-0.39, 0.29) is 0 Å². The van der Waals surface area contributed by atoms with Crippen molar-refractivity contribution in [1.82, 2.24) is 5.32 Å². The van der Waals surface area contributed by atoms with E-state index in [4.69, 9.17) is 4.74 Å². The number of hydrogen-bond donors (Lipinski definition) is 2. The van der Waals surface area contributed by atoms with Gasteiger partial charge in [-0.05, 0) is 43.5 Å². The Morgan fingerprint density at radius 2 is 2.25 bits per heavy atom. The molecule has 1 aliphatic rings. The second-order valence-corrected chi connectivity index (χ2v) is 5.95.